The normalized spacial score (nSPS) is 29.1. The van der Waals surface area contributed by atoms with Gasteiger partial charge in [0.25, 0.3) is 5.91 Å². The molecule has 2 aliphatic rings. The van der Waals surface area contributed by atoms with E-state index in [-0.39, 0.29) is 34.3 Å². The molecule has 6 atom stereocenters. The van der Waals surface area contributed by atoms with Crippen LogP contribution in [0.5, 0.6) is 0 Å². The van der Waals surface area contributed by atoms with Crippen molar-refractivity contribution >= 4 is 35.3 Å². The van der Waals surface area contributed by atoms with E-state index in [4.69, 9.17) is 24.7 Å². The third-order valence-corrected chi connectivity index (χ3v) is 8.39. The topological polar surface area (TPSA) is 163 Å². The number of aliphatic hydroxyl groups is 1. The number of nitrogens with one attached hydrogen (secondary N) is 1. The molecule has 0 spiro atoms. The highest BCUT2D eigenvalue weighted by Gasteiger charge is 2.38. The summed E-state index contributed by atoms with van der Waals surface area (Å²) in [6, 6.07) is 0. The number of amides is 2. The monoisotopic (exact) mass is 608 g/mol. The van der Waals surface area contributed by atoms with Gasteiger partial charge in [0.1, 0.15) is 5.70 Å². The molecule has 0 aromatic heterocycles. The predicted octanol–water partition coefficient (Wildman–Crippen LogP) is 3.32. The maximum absolute atomic E-state index is 13.7. The molecule has 4 N–H and O–H groups in total. The van der Waals surface area contributed by atoms with E-state index in [0.29, 0.717) is 30.4 Å². The van der Waals surface area contributed by atoms with Crippen LogP contribution < -0.4 is 11.1 Å². The number of rotatable bonds is 5. The van der Waals surface area contributed by atoms with Crippen molar-refractivity contribution in [2.24, 2.45) is 17.6 Å². The zero-order valence-corrected chi connectivity index (χ0v) is 26.5. The van der Waals surface area contributed by atoms with Crippen molar-refractivity contribution in [1.82, 2.24) is 5.32 Å². The van der Waals surface area contributed by atoms with E-state index < -0.39 is 53.9 Å². The number of methoxy groups -OCH3 is 3. The number of Topliss-reactive ketones (excluding diaryl/α,β-unsaturated/α-hetero) is 2. The van der Waals surface area contributed by atoms with Crippen LogP contribution in [0.2, 0.25) is 0 Å². The average molecular weight is 609 g/mol. The molecule has 234 valence electrons. The van der Waals surface area contributed by atoms with Crippen LogP contribution in [0.25, 0.3) is 0 Å². The minimum atomic E-state index is -0.968. The number of carbonyl (C=O) groups is 4. The van der Waals surface area contributed by atoms with Gasteiger partial charge in [-0.15, -0.1) is 11.8 Å². The number of nitrogens with two attached hydrogens (primary N) is 1. The van der Waals surface area contributed by atoms with Crippen molar-refractivity contribution in [2.45, 2.75) is 77.8 Å². The Morgan fingerprint density at radius 3 is 2.26 bits per heavy atom. The number of ketones is 2. The molecule has 2 amide bonds. The molecule has 42 heavy (non-hydrogen) atoms. The third kappa shape index (κ3) is 8.56. The lowest BCUT2D eigenvalue weighted by Gasteiger charge is -2.30. The lowest BCUT2D eigenvalue weighted by Crippen LogP contribution is -2.38. The van der Waals surface area contributed by atoms with Gasteiger partial charge in [0, 0.05) is 31.3 Å². The van der Waals surface area contributed by atoms with Gasteiger partial charge in [0.2, 0.25) is 11.6 Å². The Morgan fingerprint density at radius 1 is 1.07 bits per heavy atom. The quantitative estimate of drug-likeness (QED) is 0.312. The zero-order valence-electron chi connectivity index (χ0n) is 25.6. The van der Waals surface area contributed by atoms with Gasteiger partial charge < -0.3 is 35.1 Å². The zero-order chi connectivity index (χ0) is 31.7. The molecule has 12 heteroatoms. The number of aliphatic hydroxyl groups excluding tert-OH is 1. The second-order valence-electron chi connectivity index (χ2n) is 10.7. The number of carbonyl (C=O) groups excluding carboxylic acids is 4. The fourth-order valence-corrected chi connectivity index (χ4v) is 5.95. The van der Waals surface area contributed by atoms with E-state index in [0.717, 1.165) is 11.8 Å². The number of thioether (sulfide) groups is 1. The van der Waals surface area contributed by atoms with Gasteiger partial charge >= 0.3 is 6.09 Å². The number of primary amides is 1. The molecular weight excluding hydrogens is 564 g/mol. The molecule has 0 saturated heterocycles. The highest BCUT2D eigenvalue weighted by atomic mass is 32.2. The highest BCUT2D eigenvalue weighted by Crippen LogP contribution is 2.34. The molecule has 0 saturated carbocycles. The van der Waals surface area contributed by atoms with Crippen LogP contribution in [0.15, 0.2) is 45.2 Å². The van der Waals surface area contributed by atoms with E-state index in [1.165, 1.54) is 21.3 Å². The van der Waals surface area contributed by atoms with Crippen LogP contribution in [-0.4, -0.2) is 80.7 Å². The minimum Gasteiger partial charge on any atom is -0.492 e. The van der Waals surface area contributed by atoms with Gasteiger partial charge in [0.15, 0.2) is 11.9 Å². The molecule has 2 rings (SSSR count). The van der Waals surface area contributed by atoms with Crippen molar-refractivity contribution in [3.05, 3.63) is 45.2 Å². The van der Waals surface area contributed by atoms with E-state index in [2.05, 4.69) is 5.32 Å². The Morgan fingerprint density at radius 2 is 1.71 bits per heavy atom. The van der Waals surface area contributed by atoms with Crippen LogP contribution >= 0.6 is 11.8 Å². The van der Waals surface area contributed by atoms with Gasteiger partial charge in [-0.2, -0.15) is 0 Å². The summed E-state index contributed by atoms with van der Waals surface area (Å²) in [5.74, 6) is -2.20. The van der Waals surface area contributed by atoms with Crippen molar-refractivity contribution in [2.75, 3.05) is 27.6 Å². The summed E-state index contributed by atoms with van der Waals surface area (Å²) < 4.78 is 22.1. The van der Waals surface area contributed by atoms with E-state index in [9.17, 15) is 24.3 Å². The molecule has 11 nitrogen and oxygen atoms in total. The molecule has 0 radical (unpaired) electrons. The first kappa shape index (κ1) is 35.3. The van der Waals surface area contributed by atoms with Crippen molar-refractivity contribution in [3.63, 3.8) is 0 Å². The molecule has 0 unspecified atom stereocenters. The summed E-state index contributed by atoms with van der Waals surface area (Å²) in [5, 5.41) is 13.9. The van der Waals surface area contributed by atoms with Gasteiger partial charge in [-0.25, -0.2) is 4.79 Å². The van der Waals surface area contributed by atoms with Crippen molar-refractivity contribution in [3.8, 4) is 0 Å². The third-order valence-electron chi connectivity index (χ3n) is 7.59. The Hall–Kier alpha value is -2.93. The van der Waals surface area contributed by atoms with Crippen LogP contribution in [0.4, 0.5) is 4.79 Å². The number of ether oxygens (including phenoxy) is 4. The Labute approximate surface area is 251 Å². The summed E-state index contributed by atoms with van der Waals surface area (Å²) in [7, 11) is 4.31. The average Bonchev–Trinajstić information content (AvgIpc) is 2.94. The second-order valence-corrected chi connectivity index (χ2v) is 11.5. The number of allylic oxidation sites excluding steroid dienone is 3. The standard InChI is InChI=1S/C30H44N2O9S/c1-15-12-19-24(34)22(28(42-8)25(35)27(19)40-7)32-29(36)16(2)10-9-11-20(38-5)26(41-30(31)37)18(4)14-17(3)23(33)21(13-15)39-6/h10,14-15,17,20-21,23,26,33H,9,11-13H2,1-8H3,(H2,31,37)(H,32,36)/t15-,17+,20+,21+,23-,26+/m1/s1. The maximum Gasteiger partial charge on any atom is 0.405 e. The van der Waals surface area contributed by atoms with Crippen molar-refractivity contribution < 1.29 is 43.2 Å². The minimum absolute atomic E-state index is 0.0557. The van der Waals surface area contributed by atoms with Crippen LogP contribution in [0.3, 0.4) is 0 Å². The first-order valence-electron chi connectivity index (χ1n) is 13.8. The molecule has 1 aliphatic carbocycles. The molecule has 1 aliphatic heterocycles. The fraction of sp³-hybridized carbons (Fsp3) is 0.600. The van der Waals surface area contributed by atoms with E-state index in [1.54, 1.807) is 32.3 Å². The molecule has 2 bridgehead atoms. The molecule has 0 aromatic carbocycles. The Bertz CT molecular complexity index is 1170. The van der Waals surface area contributed by atoms with Gasteiger partial charge in [-0.1, -0.05) is 26.0 Å². The molecular formula is C30H44N2O9S. The van der Waals surface area contributed by atoms with Crippen LogP contribution in [-0.2, 0) is 33.3 Å². The molecule has 1 heterocycles. The fourth-order valence-electron chi connectivity index (χ4n) is 5.32. The van der Waals surface area contributed by atoms with Gasteiger partial charge in [0.05, 0.1) is 30.3 Å². The summed E-state index contributed by atoms with van der Waals surface area (Å²) in [4.78, 5) is 52.0. The van der Waals surface area contributed by atoms with E-state index >= 15 is 0 Å². The Kier molecular flexibility index (Phi) is 13.5. The van der Waals surface area contributed by atoms with Crippen molar-refractivity contribution in [1.29, 1.82) is 0 Å². The smallest absolute Gasteiger partial charge is 0.405 e. The summed E-state index contributed by atoms with van der Waals surface area (Å²) in [6.07, 6.45) is 2.37. The second kappa shape index (κ2) is 16.1. The number of hydrogen-bond acceptors (Lipinski definition) is 10. The van der Waals surface area contributed by atoms with Gasteiger partial charge in [-0.3, -0.25) is 14.4 Å². The maximum atomic E-state index is 13.7. The highest BCUT2D eigenvalue weighted by molar-refractivity contribution is 8.03. The van der Waals surface area contributed by atoms with Gasteiger partial charge in [-0.05, 0) is 57.3 Å². The van der Waals surface area contributed by atoms with Crippen LogP contribution in [0.1, 0.15) is 53.4 Å². The van der Waals surface area contributed by atoms with Crippen LogP contribution in [0, 0.1) is 11.8 Å². The summed E-state index contributed by atoms with van der Waals surface area (Å²) >= 11 is 1.05. The molecule has 0 aromatic rings. The SMILES string of the molecule is COC1=C2C[C@@H](C)C[C@H](OC)[C@H](O)[C@@H](C)C=C(C)[C@H](OC(N)=O)[C@@H](OC)CCC=C(C)C(=O)NC(=C(SC)C1=O)C2=O. The number of fused-ring (bicyclic) bond motifs is 2. The lowest BCUT2D eigenvalue weighted by atomic mass is 9.85. The summed E-state index contributed by atoms with van der Waals surface area (Å²) in [6.45, 7) is 7.06. The Balaban J connectivity index is 2.62. The summed E-state index contributed by atoms with van der Waals surface area (Å²) in [5.41, 5.74) is 6.40. The first-order valence-corrected chi connectivity index (χ1v) is 15.0. The van der Waals surface area contributed by atoms with E-state index in [1.807, 2.05) is 13.8 Å². The predicted molar refractivity (Wildman–Crippen MR) is 159 cm³/mol. The first-order chi connectivity index (χ1) is 19.8. The molecule has 0 fully saturated rings. The lowest BCUT2D eigenvalue weighted by molar-refractivity contribution is -0.121. The number of hydrogen-bond donors (Lipinski definition) is 3. The largest absolute Gasteiger partial charge is 0.492 e.